The van der Waals surface area contributed by atoms with E-state index in [1.165, 1.54) is 12.8 Å². The van der Waals surface area contributed by atoms with Crippen molar-refractivity contribution in [2.45, 2.75) is 26.2 Å². The van der Waals surface area contributed by atoms with Gasteiger partial charge in [0, 0.05) is 12.1 Å². The molecule has 6 nitrogen and oxygen atoms in total. The van der Waals surface area contributed by atoms with Crippen molar-refractivity contribution < 1.29 is 4.79 Å². The lowest BCUT2D eigenvalue weighted by atomic mass is 9.85. The standard InChI is InChI=1S/C15H21N5O/c1-10(11-3-2-6-16-9-11)7-15(21)17-12-4-5-13-14(8-12)19-20-18-13/h4-5,8,10-11,16H,2-3,6-7,9H2,1H3,(H,17,21)(H,18,19,20). The average Bonchev–Trinajstić information content (AvgIpc) is 2.95. The molecule has 1 fully saturated rings. The number of amides is 1. The number of aromatic amines is 1. The summed E-state index contributed by atoms with van der Waals surface area (Å²) in [4.78, 5) is 12.2. The molecule has 1 aromatic heterocycles. The fraction of sp³-hybridized carbons (Fsp3) is 0.533. The molecule has 2 unspecified atom stereocenters. The Balaban J connectivity index is 1.57. The molecule has 0 aliphatic carbocycles. The molecule has 1 amide bonds. The number of carbonyl (C=O) groups is 1. The zero-order chi connectivity index (χ0) is 14.7. The first-order valence-corrected chi connectivity index (χ1v) is 7.53. The predicted molar refractivity (Wildman–Crippen MR) is 81.9 cm³/mol. The third-order valence-electron chi connectivity index (χ3n) is 4.25. The Morgan fingerprint density at radius 1 is 1.43 bits per heavy atom. The van der Waals surface area contributed by atoms with Gasteiger partial charge in [0.15, 0.2) is 0 Å². The number of hydrogen-bond donors (Lipinski definition) is 3. The number of H-pyrrole nitrogens is 1. The van der Waals surface area contributed by atoms with Crippen molar-refractivity contribution >= 4 is 22.6 Å². The summed E-state index contributed by atoms with van der Waals surface area (Å²) in [6.07, 6.45) is 2.98. The van der Waals surface area contributed by atoms with Crippen LogP contribution in [0.4, 0.5) is 5.69 Å². The van der Waals surface area contributed by atoms with E-state index < -0.39 is 0 Å². The Kier molecular flexibility index (Phi) is 4.15. The van der Waals surface area contributed by atoms with Crippen LogP contribution < -0.4 is 10.6 Å². The summed E-state index contributed by atoms with van der Waals surface area (Å²) >= 11 is 0. The molecule has 1 saturated heterocycles. The van der Waals surface area contributed by atoms with E-state index in [0.29, 0.717) is 18.3 Å². The van der Waals surface area contributed by atoms with Crippen LogP contribution in [0, 0.1) is 11.8 Å². The number of aromatic nitrogens is 3. The van der Waals surface area contributed by atoms with Gasteiger partial charge in [-0.1, -0.05) is 6.92 Å². The summed E-state index contributed by atoms with van der Waals surface area (Å²) < 4.78 is 0. The number of anilines is 1. The van der Waals surface area contributed by atoms with Gasteiger partial charge in [-0.2, -0.15) is 15.4 Å². The number of hydrogen-bond acceptors (Lipinski definition) is 4. The van der Waals surface area contributed by atoms with Gasteiger partial charge in [-0.15, -0.1) is 0 Å². The Morgan fingerprint density at radius 3 is 3.10 bits per heavy atom. The molecule has 2 heterocycles. The summed E-state index contributed by atoms with van der Waals surface area (Å²) in [7, 11) is 0. The highest BCUT2D eigenvalue weighted by molar-refractivity contribution is 5.92. The topological polar surface area (TPSA) is 82.7 Å². The maximum Gasteiger partial charge on any atom is 0.224 e. The first-order chi connectivity index (χ1) is 10.2. The molecule has 1 aliphatic rings. The third kappa shape index (κ3) is 3.39. The van der Waals surface area contributed by atoms with Gasteiger partial charge < -0.3 is 10.6 Å². The van der Waals surface area contributed by atoms with Gasteiger partial charge in [0.2, 0.25) is 5.91 Å². The lowest BCUT2D eigenvalue weighted by Gasteiger charge is -2.28. The fourth-order valence-corrected chi connectivity index (χ4v) is 2.95. The molecule has 0 bridgehead atoms. The van der Waals surface area contributed by atoms with Crippen LogP contribution in [0.1, 0.15) is 26.2 Å². The predicted octanol–water partition coefficient (Wildman–Crippen LogP) is 1.92. The van der Waals surface area contributed by atoms with E-state index in [2.05, 4.69) is 33.0 Å². The lowest BCUT2D eigenvalue weighted by molar-refractivity contribution is -0.117. The Labute approximate surface area is 123 Å². The minimum atomic E-state index is 0.0657. The monoisotopic (exact) mass is 287 g/mol. The summed E-state index contributed by atoms with van der Waals surface area (Å²) in [6.45, 7) is 4.30. The Hall–Kier alpha value is -1.95. The molecule has 1 aliphatic heterocycles. The first kappa shape index (κ1) is 14.0. The minimum absolute atomic E-state index is 0.0657. The van der Waals surface area contributed by atoms with E-state index in [4.69, 9.17) is 0 Å². The molecule has 112 valence electrons. The van der Waals surface area contributed by atoms with Crippen molar-refractivity contribution in [1.29, 1.82) is 0 Å². The minimum Gasteiger partial charge on any atom is -0.326 e. The lowest BCUT2D eigenvalue weighted by Crippen LogP contribution is -2.34. The van der Waals surface area contributed by atoms with Crippen LogP contribution in [0.2, 0.25) is 0 Å². The maximum absolute atomic E-state index is 12.2. The Bertz CT molecular complexity index is 617. The van der Waals surface area contributed by atoms with Crippen molar-refractivity contribution in [3.8, 4) is 0 Å². The van der Waals surface area contributed by atoms with E-state index in [0.717, 1.165) is 29.8 Å². The van der Waals surface area contributed by atoms with Gasteiger partial charge in [-0.25, -0.2) is 0 Å². The summed E-state index contributed by atoms with van der Waals surface area (Å²) in [6, 6.07) is 5.54. The highest BCUT2D eigenvalue weighted by atomic mass is 16.1. The normalized spacial score (nSPS) is 20.3. The number of nitrogens with zero attached hydrogens (tertiary/aromatic N) is 2. The molecule has 1 aromatic carbocycles. The van der Waals surface area contributed by atoms with Crippen molar-refractivity contribution in [2.75, 3.05) is 18.4 Å². The van der Waals surface area contributed by atoms with E-state index in [9.17, 15) is 4.79 Å². The quantitative estimate of drug-likeness (QED) is 0.802. The number of carbonyl (C=O) groups excluding carboxylic acids is 1. The van der Waals surface area contributed by atoms with Gasteiger partial charge in [0.25, 0.3) is 0 Å². The third-order valence-corrected chi connectivity index (χ3v) is 4.25. The fourth-order valence-electron chi connectivity index (χ4n) is 2.95. The maximum atomic E-state index is 12.2. The van der Waals surface area contributed by atoms with Gasteiger partial charge in [0.05, 0.1) is 0 Å². The van der Waals surface area contributed by atoms with Crippen LogP contribution in [-0.4, -0.2) is 34.4 Å². The second kappa shape index (κ2) is 6.22. The Morgan fingerprint density at radius 2 is 2.29 bits per heavy atom. The molecule has 2 atom stereocenters. The molecule has 0 spiro atoms. The molecule has 3 N–H and O–H groups in total. The molecule has 21 heavy (non-hydrogen) atoms. The number of piperidine rings is 1. The second-order valence-corrected chi connectivity index (χ2v) is 5.86. The summed E-state index contributed by atoms with van der Waals surface area (Å²) in [5.74, 6) is 1.06. The van der Waals surface area contributed by atoms with E-state index in [1.54, 1.807) is 0 Å². The molecule has 2 aromatic rings. The smallest absolute Gasteiger partial charge is 0.224 e. The van der Waals surface area contributed by atoms with Crippen molar-refractivity contribution in [3.05, 3.63) is 18.2 Å². The zero-order valence-electron chi connectivity index (χ0n) is 12.2. The number of benzene rings is 1. The van der Waals surface area contributed by atoms with Crippen LogP contribution in [0.5, 0.6) is 0 Å². The number of nitrogens with one attached hydrogen (secondary N) is 3. The van der Waals surface area contributed by atoms with Crippen molar-refractivity contribution in [2.24, 2.45) is 11.8 Å². The molecule has 6 heteroatoms. The van der Waals surface area contributed by atoms with Crippen molar-refractivity contribution in [3.63, 3.8) is 0 Å². The van der Waals surface area contributed by atoms with Gasteiger partial charge in [-0.05, 0) is 56.0 Å². The van der Waals surface area contributed by atoms with E-state index in [-0.39, 0.29) is 5.91 Å². The van der Waals surface area contributed by atoms with Crippen molar-refractivity contribution in [1.82, 2.24) is 20.7 Å². The highest BCUT2D eigenvalue weighted by Crippen LogP contribution is 2.23. The van der Waals surface area contributed by atoms with Gasteiger partial charge in [-0.3, -0.25) is 4.79 Å². The summed E-state index contributed by atoms with van der Waals surface area (Å²) in [5, 5.41) is 17.0. The molecule has 0 radical (unpaired) electrons. The van der Waals surface area contributed by atoms with Crippen LogP contribution in [0.25, 0.3) is 11.0 Å². The zero-order valence-corrected chi connectivity index (χ0v) is 12.2. The van der Waals surface area contributed by atoms with E-state index in [1.807, 2.05) is 18.2 Å². The number of rotatable bonds is 4. The molecule has 0 saturated carbocycles. The van der Waals surface area contributed by atoms with Gasteiger partial charge >= 0.3 is 0 Å². The summed E-state index contributed by atoms with van der Waals surface area (Å²) in [5.41, 5.74) is 2.34. The number of fused-ring (bicyclic) bond motifs is 1. The molecular formula is C15H21N5O. The van der Waals surface area contributed by atoms with Gasteiger partial charge in [0.1, 0.15) is 11.0 Å². The van der Waals surface area contributed by atoms with E-state index >= 15 is 0 Å². The van der Waals surface area contributed by atoms with Crippen LogP contribution >= 0.6 is 0 Å². The van der Waals surface area contributed by atoms with Crippen LogP contribution in [-0.2, 0) is 4.79 Å². The molecular weight excluding hydrogens is 266 g/mol. The average molecular weight is 287 g/mol. The first-order valence-electron chi connectivity index (χ1n) is 7.53. The highest BCUT2D eigenvalue weighted by Gasteiger charge is 2.22. The van der Waals surface area contributed by atoms with Crippen LogP contribution in [0.3, 0.4) is 0 Å². The van der Waals surface area contributed by atoms with Crippen LogP contribution in [0.15, 0.2) is 18.2 Å². The largest absolute Gasteiger partial charge is 0.326 e. The second-order valence-electron chi connectivity index (χ2n) is 5.86. The molecule has 3 rings (SSSR count). The SMILES string of the molecule is CC(CC(=O)Nc1ccc2n[nH]nc2c1)C1CCCNC1.